The van der Waals surface area contributed by atoms with Gasteiger partial charge in [0.15, 0.2) is 5.82 Å². The summed E-state index contributed by atoms with van der Waals surface area (Å²) in [4.78, 5) is -0.201. The van der Waals surface area contributed by atoms with E-state index in [1.165, 1.54) is 12.1 Å². The van der Waals surface area contributed by atoms with Gasteiger partial charge in [-0.1, -0.05) is 11.2 Å². The van der Waals surface area contributed by atoms with Crippen molar-refractivity contribution < 1.29 is 17.3 Å². The minimum absolute atomic E-state index is 0.0914. The number of sulfonamides is 1. The van der Waals surface area contributed by atoms with Gasteiger partial charge in [-0.05, 0) is 41.9 Å². The summed E-state index contributed by atoms with van der Waals surface area (Å²) in [7, 11) is -3.94. The Kier molecular flexibility index (Phi) is 3.64. The monoisotopic (exact) mass is 348 g/mol. The van der Waals surface area contributed by atoms with Crippen LogP contribution in [0.5, 0.6) is 0 Å². The number of nitrogens with one attached hydrogen (secondary N) is 1. The Morgan fingerprint density at radius 2 is 2.05 bits per heavy atom. The number of rotatable bonds is 3. The van der Waals surface area contributed by atoms with Crippen molar-refractivity contribution in [3.05, 3.63) is 39.8 Å². The van der Waals surface area contributed by atoms with Gasteiger partial charge >= 0.3 is 0 Å². The number of anilines is 1. The van der Waals surface area contributed by atoms with E-state index in [1.807, 2.05) is 0 Å². The van der Waals surface area contributed by atoms with Crippen LogP contribution in [0.3, 0.4) is 0 Å². The highest BCUT2D eigenvalue weighted by Crippen LogP contribution is 2.27. The third-order valence-electron chi connectivity index (χ3n) is 2.59. The number of aryl methyl sites for hydroxylation is 1. The molecule has 1 aromatic carbocycles. The van der Waals surface area contributed by atoms with Crippen molar-refractivity contribution in [3.63, 3.8) is 0 Å². The first-order valence-electron chi connectivity index (χ1n) is 5.22. The molecule has 1 N–H and O–H groups in total. The Morgan fingerprint density at radius 1 is 1.37 bits per heavy atom. The highest BCUT2D eigenvalue weighted by molar-refractivity contribution is 9.10. The molecule has 0 amide bonds. The molecule has 19 heavy (non-hydrogen) atoms. The lowest BCUT2D eigenvalue weighted by atomic mass is 10.3. The number of hydrogen-bond donors (Lipinski definition) is 1. The quantitative estimate of drug-likeness (QED) is 0.925. The molecule has 0 saturated carbocycles. The minimum Gasteiger partial charge on any atom is -0.359 e. The average molecular weight is 349 g/mol. The molecule has 0 radical (unpaired) electrons. The van der Waals surface area contributed by atoms with E-state index in [1.54, 1.807) is 13.8 Å². The van der Waals surface area contributed by atoms with Crippen molar-refractivity contribution in [2.45, 2.75) is 18.7 Å². The van der Waals surface area contributed by atoms with E-state index in [-0.39, 0.29) is 15.2 Å². The molecule has 2 aromatic rings. The molecule has 8 heteroatoms. The van der Waals surface area contributed by atoms with Crippen molar-refractivity contribution in [1.82, 2.24) is 5.16 Å². The maximum Gasteiger partial charge on any atom is 0.264 e. The average Bonchev–Trinajstić information content (AvgIpc) is 2.64. The fourth-order valence-electron chi connectivity index (χ4n) is 1.39. The summed E-state index contributed by atoms with van der Waals surface area (Å²) < 4.78 is 44.7. The van der Waals surface area contributed by atoms with E-state index < -0.39 is 15.8 Å². The van der Waals surface area contributed by atoms with Gasteiger partial charge in [0.2, 0.25) is 0 Å². The fraction of sp³-hybridized carbons (Fsp3) is 0.182. The smallest absolute Gasteiger partial charge is 0.264 e. The third kappa shape index (κ3) is 2.64. The molecule has 0 aliphatic rings. The van der Waals surface area contributed by atoms with Crippen LogP contribution in [0, 0.1) is 19.7 Å². The molecule has 2 rings (SSSR count). The van der Waals surface area contributed by atoms with Crippen molar-refractivity contribution in [2.75, 3.05) is 4.72 Å². The Balaban J connectivity index is 2.44. The van der Waals surface area contributed by atoms with Crippen LogP contribution in [0.1, 0.15) is 11.3 Å². The summed E-state index contributed by atoms with van der Waals surface area (Å²) in [6.45, 7) is 3.34. The standard InChI is InChI=1S/C11H10BrFN2O3S/c1-6-7(2)18-14-11(6)15-19(16,17)9-5-3-4-8(13)10(9)12/h3-5H,1-2H3,(H,14,15). The molecule has 0 fully saturated rings. The minimum atomic E-state index is -3.94. The van der Waals surface area contributed by atoms with E-state index in [0.717, 1.165) is 6.07 Å². The zero-order chi connectivity index (χ0) is 14.2. The Hall–Kier alpha value is -1.41. The second-order valence-corrected chi connectivity index (χ2v) is 6.31. The molecule has 5 nitrogen and oxygen atoms in total. The summed E-state index contributed by atoms with van der Waals surface area (Å²) >= 11 is 2.92. The number of nitrogens with zero attached hydrogens (tertiary/aromatic N) is 1. The predicted molar refractivity (Wildman–Crippen MR) is 70.9 cm³/mol. The van der Waals surface area contributed by atoms with Gasteiger partial charge in [0.05, 0.1) is 4.47 Å². The van der Waals surface area contributed by atoms with E-state index in [4.69, 9.17) is 4.52 Å². The van der Waals surface area contributed by atoms with Crippen LogP contribution in [-0.4, -0.2) is 13.6 Å². The summed E-state index contributed by atoms with van der Waals surface area (Å²) in [5.74, 6) is -0.0550. The van der Waals surface area contributed by atoms with Crippen LogP contribution in [0.25, 0.3) is 0 Å². The van der Waals surface area contributed by atoms with Crippen molar-refractivity contribution in [3.8, 4) is 0 Å². The maximum atomic E-state index is 13.4. The van der Waals surface area contributed by atoms with Gasteiger partial charge in [-0.3, -0.25) is 4.72 Å². The van der Waals surface area contributed by atoms with Crippen LogP contribution >= 0.6 is 15.9 Å². The molecule has 0 aliphatic heterocycles. The maximum absolute atomic E-state index is 13.4. The first-order chi connectivity index (χ1) is 8.83. The molecule has 102 valence electrons. The van der Waals surface area contributed by atoms with Crippen LogP contribution in [0.2, 0.25) is 0 Å². The molecule has 0 unspecified atom stereocenters. The lowest BCUT2D eigenvalue weighted by Gasteiger charge is -2.08. The zero-order valence-electron chi connectivity index (χ0n) is 10.1. The molecule has 0 bridgehead atoms. The number of halogens is 2. The van der Waals surface area contributed by atoms with Gasteiger partial charge in [0, 0.05) is 5.56 Å². The molecule has 1 heterocycles. The highest BCUT2D eigenvalue weighted by atomic mass is 79.9. The first kappa shape index (κ1) is 14.0. The normalized spacial score (nSPS) is 11.6. The van der Waals surface area contributed by atoms with Crippen molar-refractivity contribution >= 4 is 31.8 Å². The topological polar surface area (TPSA) is 72.2 Å². The number of benzene rings is 1. The molecule has 0 atom stereocenters. The predicted octanol–water partition coefficient (Wildman–Crippen LogP) is 2.99. The summed E-state index contributed by atoms with van der Waals surface area (Å²) in [6, 6.07) is 3.77. The molecular formula is C11H10BrFN2O3S. The molecule has 0 saturated heterocycles. The van der Waals surface area contributed by atoms with Gasteiger partial charge in [-0.25, -0.2) is 12.8 Å². The van der Waals surface area contributed by atoms with E-state index in [0.29, 0.717) is 11.3 Å². The molecule has 0 spiro atoms. The molecular weight excluding hydrogens is 339 g/mol. The first-order valence-corrected chi connectivity index (χ1v) is 7.50. The van der Waals surface area contributed by atoms with Crippen LogP contribution < -0.4 is 4.72 Å². The fourth-order valence-corrected chi connectivity index (χ4v) is 3.44. The summed E-state index contributed by atoms with van der Waals surface area (Å²) in [5.41, 5.74) is 0.580. The number of aromatic nitrogens is 1. The molecule has 1 aromatic heterocycles. The Labute approximate surface area is 118 Å². The van der Waals surface area contributed by atoms with Crippen LogP contribution in [0.4, 0.5) is 10.2 Å². The van der Waals surface area contributed by atoms with E-state index in [2.05, 4.69) is 25.8 Å². The lowest BCUT2D eigenvalue weighted by Crippen LogP contribution is -2.15. The SMILES string of the molecule is Cc1onc(NS(=O)(=O)c2cccc(F)c2Br)c1C. The van der Waals surface area contributed by atoms with Crippen molar-refractivity contribution in [1.29, 1.82) is 0 Å². The van der Waals surface area contributed by atoms with Crippen LogP contribution in [0.15, 0.2) is 32.1 Å². The van der Waals surface area contributed by atoms with Crippen molar-refractivity contribution in [2.24, 2.45) is 0 Å². The Morgan fingerprint density at radius 3 is 2.63 bits per heavy atom. The second kappa shape index (κ2) is 4.93. The highest BCUT2D eigenvalue weighted by Gasteiger charge is 2.22. The number of hydrogen-bond acceptors (Lipinski definition) is 4. The van der Waals surface area contributed by atoms with Crippen LogP contribution in [-0.2, 0) is 10.0 Å². The third-order valence-corrected chi connectivity index (χ3v) is 5.04. The lowest BCUT2D eigenvalue weighted by molar-refractivity contribution is 0.399. The summed E-state index contributed by atoms with van der Waals surface area (Å²) in [5, 5.41) is 3.60. The van der Waals surface area contributed by atoms with Gasteiger partial charge in [-0.15, -0.1) is 0 Å². The summed E-state index contributed by atoms with van der Waals surface area (Å²) in [6.07, 6.45) is 0. The second-order valence-electron chi connectivity index (χ2n) is 3.87. The largest absolute Gasteiger partial charge is 0.359 e. The van der Waals surface area contributed by atoms with Gasteiger partial charge in [0.25, 0.3) is 10.0 Å². The van der Waals surface area contributed by atoms with E-state index in [9.17, 15) is 12.8 Å². The van der Waals surface area contributed by atoms with Gasteiger partial charge < -0.3 is 4.52 Å². The zero-order valence-corrected chi connectivity index (χ0v) is 12.5. The van der Waals surface area contributed by atoms with Gasteiger partial charge in [0.1, 0.15) is 16.5 Å². The molecule has 0 aliphatic carbocycles. The van der Waals surface area contributed by atoms with Gasteiger partial charge in [-0.2, -0.15) is 0 Å². The Bertz CT molecular complexity index is 728. The van der Waals surface area contributed by atoms with E-state index >= 15 is 0 Å².